The molecule has 1 aromatic carbocycles. The van der Waals surface area contributed by atoms with Gasteiger partial charge in [-0.05, 0) is 71.5 Å². The minimum absolute atomic E-state index is 0.00333. The topological polar surface area (TPSA) is 115 Å². The lowest BCUT2D eigenvalue weighted by Gasteiger charge is -2.25. The van der Waals surface area contributed by atoms with Gasteiger partial charge >= 0.3 is 5.97 Å². The summed E-state index contributed by atoms with van der Waals surface area (Å²) in [6.45, 7) is 8.21. The monoisotopic (exact) mass is 586 g/mol. The molecule has 0 amide bonds. The van der Waals surface area contributed by atoms with Gasteiger partial charge in [-0.15, -0.1) is 16.4 Å². The van der Waals surface area contributed by atoms with Gasteiger partial charge in [0.2, 0.25) is 5.88 Å². The highest BCUT2D eigenvalue weighted by atomic mass is 32.1. The molecule has 0 spiro atoms. The zero-order valence-corrected chi connectivity index (χ0v) is 25.0. The smallest absolute Gasteiger partial charge is 0.306 e. The van der Waals surface area contributed by atoms with Crippen molar-refractivity contribution in [3.63, 3.8) is 0 Å². The van der Waals surface area contributed by atoms with Crippen LogP contribution in [0.25, 0.3) is 21.3 Å². The van der Waals surface area contributed by atoms with E-state index in [4.69, 9.17) is 9.47 Å². The molecular formula is C31H34N6O4S. The van der Waals surface area contributed by atoms with Crippen LogP contribution in [0.3, 0.4) is 0 Å². The molecule has 1 N–H and O–H groups in total. The number of carbonyl (C=O) groups is 1. The van der Waals surface area contributed by atoms with Crippen LogP contribution in [-0.4, -0.2) is 60.2 Å². The molecule has 0 unspecified atom stereocenters. The van der Waals surface area contributed by atoms with E-state index >= 15 is 0 Å². The number of benzene rings is 1. The molecule has 0 bridgehead atoms. The predicted octanol–water partition coefficient (Wildman–Crippen LogP) is 5.25. The van der Waals surface area contributed by atoms with Gasteiger partial charge in [0.15, 0.2) is 5.65 Å². The fourth-order valence-electron chi connectivity index (χ4n) is 5.80. The first-order valence-corrected chi connectivity index (χ1v) is 15.1. The van der Waals surface area contributed by atoms with Crippen LogP contribution in [0.4, 0.5) is 0 Å². The quantitative estimate of drug-likeness (QED) is 0.244. The fraction of sp³-hybridized carbons (Fsp3) is 0.387. The molecular weight excluding hydrogens is 552 g/mol. The highest BCUT2D eigenvalue weighted by Gasteiger charge is 2.27. The van der Waals surface area contributed by atoms with Crippen molar-refractivity contribution in [3.05, 3.63) is 69.9 Å². The number of hydrogen-bond acceptors (Lipinski definition) is 10. The molecule has 218 valence electrons. The minimum Gasteiger partial charge on any atom is -0.493 e. The Labute approximate surface area is 247 Å². The number of carbonyl (C=O) groups excluding carboxylic acids is 1. The number of aryl methyl sites for hydroxylation is 2. The molecule has 2 atom stereocenters. The molecule has 0 fully saturated rings. The summed E-state index contributed by atoms with van der Waals surface area (Å²) in [5, 5.41) is 21.8. The lowest BCUT2D eigenvalue weighted by molar-refractivity contribution is -0.143. The lowest BCUT2D eigenvalue weighted by atomic mass is 9.85. The van der Waals surface area contributed by atoms with Crippen LogP contribution in [0.1, 0.15) is 60.6 Å². The summed E-state index contributed by atoms with van der Waals surface area (Å²) in [7, 11) is 1.82. The van der Waals surface area contributed by atoms with Crippen LogP contribution >= 0.6 is 11.3 Å². The van der Waals surface area contributed by atoms with Gasteiger partial charge in [0.1, 0.15) is 23.1 Å². The Hall–Kier alpha value is -4.09. The summed E-state index contributed by atoms with van der Waals surface area (Å²) in [6.07, 6.45) is 2.88. The number of ether oxygens (including phenoxy) is 2. The van der Waals surface area contributed by atoms with E-state index in [0.29, 0.717) is 31.1 Å². The van der Waals surface area contributed by atoms with Crippen molar-refractivity contribution in [2.75, 3.05) is 13.2 Å². The molecule has 0 saturated carbocycles. The van der Waals surface area contributed by atoms with Gasteiger partial charge in [-0.3, -0.25) is 9.69 Å². The third-order valence-corrected chi connectivity index (χ3v) is 8.92. The number of rotatable bonds is 8. The van der Waals surface area contributed by atoms with E-state index in [-0.39, 0.29) is 30.3 Å². The highest BCUT2D eigenvalue weighted by Crippen LogP contribution is 2.38. The molecule has 0 saturated heterocycles. The molecule has 1 aliphatic heterocycles. The molecule has 0 aliphatic carbocycles. The van der Waals surface area contributed by atoms with Crippen LogP contribution in [0.15, 0.2) is 41.9 Å². The Morgan fingerprint density at radius 3 is 2.93 bits per heavy atom. The van der Waals surface area contributed by atoms with Crippen LogP contribution in [-0.2, 0) is 29.7 Å². The number of thiophene rings is 1. The number of aromatic nitrogens is 5. The zero-order valence-electron chi connectivity index (χ0n) is 24.2. The second-order valence-electron chi connectivity index (χ2n) is 10.7. The van der Waals surface area contributed by atoms with Gasteiger partial charge in [-0.25, -0.2) is 14.6 Å². The average molecular weight is 587 g/mol. The summed E-state index contributed by atoms with van der Waals surface area (Å²) < 4.78 is 14.5. The first-order valence-electron chi connectivity index (χ1n) is 14.2. The lowest BCUT2D eigenvalue weighted by Crippen LogP contribution is -2.32. The largest absolute Gasteiger partial charge is 0.493 e. The van der Waals surface area contributed by atoms with Crippen LogP contribution in [0.5, 0.6) is 11.6 Å². The van der Waals surface area contributed by atoms with Crippen molar-refractivity contribution in [1.29, 1.82) is 0 Å². The number of aromatic hydroxyl groups is 1. The third-order valence-electron chi connectivity index (χ3n) is 7.91. The number of esters is 1. The summed E-state index contributed by atoms with van der Waals surface area (Å²) in [4.78, 5) is 24.3. The van der Waals surface area contributed by atoms with E-state index in [0.717, 1.165) is 51.8 Å². The van der Waals surface area contributed by atoms with E-state index in [1.165, 1.54) is 4.70 Å². The van der Waals surface area contributed by atoms with Gasteiger partial charge < -0.3 is 14.6 Å². The maximum absolute atomic E-state index is 12.9. The van der Waals surface area contributed by atoms with Gasteiger partial charge in [-0.1, -0.05) is 18.2 Å². The Bertz CT molecular complexity index is 1770. The molecule has 5 aromatic rings. The SMILES string of the molecule is CCOC(=O)C[C@H](c1cc(CN2Cc3nc(O)ccc3O[C@H](CC)C2)c2sccc2c1)c1cnc2c(nnn2C)c1C. The van der Waals surface area contributed by atoms with Crippen LogP contribution < -0.4 is 4.74 Å². The maximum atomic E-state index is 12.9. The van der Waals surface area contributed by atoms with Crippen molar-refractivity contribution in [1.82, 2.24) is 29.9 Å². The Morgan fingerprint density at radius 2 is 2.12 bits per heavy atom. The van der Waals surface area contributed by atoms with E-state index in [2.05, 4.69) is 55.7 Å². The Kier molecular flexibility index (Phi) is 7.78. The van der Waals surface area contributed by atoms with Crippen molar-refractivity contribution in [2.24, 2.45) is 7.05 Å². The highest BCUT2D eigenvalue weighted by molar-refractivity contribution is 7.17. The predicted molar refractivity (Wildman–Crippen MR) is 161 cm³/mol. The van der Waals surface area contributed by atoms with Crippen LogP contribution in [0, 0.1) is 6.92 Å². The van der Waals surface area contributed by atoms with Gasteiger partial charge in [0.05, 0.1) is 13.0 Å². The molecule has 11 heteroatoms. The number of nitrogens with zero attached hydrogens (tertiary/aromatic N) is 6. The van der Waals surface area contributed by atoms with Crippen LogP contribution in [0.2, 0.25) is 0 Å². The van der Waals surface area contributed by atoms with E-state index in [1.54, 1.807) is 28.2 Å². The van der Waals surface area contributed by atoms with E-state index in [1.807, 2.05) is 27.1 Å². The second-order valence-corrected chi connectivity index (χ2v) is 11.7. The molecule has 0 radical (unpaired) electrons. The van der Waals surface area contributed by atoms with Gasteiger partial charge in [0, 0.05) is 49.6 Å². The minimum atomic E-state index is -0.277. The van der Waals surface area contributed by atoms with Gasteiger partial charge in [0.25, 0.3) is 0 Å². The summed E-state index contributed by atoms with van der Waals surface area (Å²) in [5.74, 6) is 0.169. The third kappa shape index (κ3) is 5.41. The van der Waals surface area contributed by atoms with Crippen molar-refractivity contribution in [2.45, 2.75) is 58.7 Å². The summed E-state index contributed by atoms with van der Waals surface area (Å²) >= 11 is 1.71. The van der Waals surface area contributed by atoms with E-state index in [9.17, 15) is 9.90 Å². The van der Waals surface area contributed by atoms with Crippen molar-refractivity contribution in [3.8, 4) is 11.6 Å². The van der Waals surface area contributed by atoms with Crippen molar-refractivity contribution >= 4 is 38.6 Å². The molecule has 4 aromatic heterocycles. The Balaban J connectivity index is 1.42. The van der Waals surface area contributed by atoms with E-state index < -0.39 is 0 Å². The molecule has 1 aliphatic rings. The normalized spacial score (nSPS) is 16.2. The first-order chi connectivity index (χ1) is 20.3. The molecule has 5 heterocycles. The molecule has 6 rings (SSSR count). The second kappa shape index (κ2) is 11.7. The first kappa shape index (κ1) is 28.0. The Morgan fingerprint density at radius 1 is 1.26 bits per heavy atom. The number of hydrogen-bond donors (Lipinski definition) is 1. The standard InChI is InChI=1S/C31H34N6O4S/c1-5-22-16-37(17-25-26(41-22)7-8-27(38)33-25)15-21-12-20(11-19-9-10-42-30(19)21)23(13-28(39)40-6-2)24-14-32-31-29(18(24)3)34-35-36(31)4/h7-12,14,22-23H,5-6,13,15-17H2,1-4H3,(H,33,38)/t22-,23-/m1/s1. The molecule has 10 nitrogen and oxygen atoms in total. The summed E-state index contributed by atoms with van der Waals surface area (Å²) in [6, 6.07) is 9.88. The van der Waals surface area contributed by atoms with Crippen molar-refractivity contribution < 1.29 is 19.4 Å². The van der Waals surface area contributed by atoms with Gasteiger partial charge in [-0.2, -0.15) is 0 Å². The summed E-state index contributed by atoms with van der Waals surface area (Å²) in [5.41, 5.74) is 6.22. The fourth-order valence-corrected chi connectivity index (χ4v) is 6.69. The number of pyridine rings is 2. The maximum Gasteiger partial charge on any atom is 0.306 e. The molecule has 42 heavy (non-hydrogen) atoms. The average Bonchev–Trinajstić information content (AvgIpc) is 3.56. The zero-order chi connectivity index (χ0) is 29.4. The number of fused-ring (bicyclic) bond motifs is 3.